The van der Waals surface area contributed by atoms with E-state index < -0.39 is 0 Å². The zero-order valence-corrected chi connectivity index (χ0v) is 9.02. The van der Waals surface area contributed by atoms with Gasteiger partial charge in [-0.05, 0) is 36.6 Å². The number of hydrogen-bond acceptors (Lipinski definition) is 2. The van der Waals surface area contributed by atoms with Crippen molar-refractivity contribution in [3.8, 4) is 0 Å². The largest absolute Gasteiger partial charge is 0.399 e. The highest BCUT2D eigenvalue weighted by molar-refractivity contribution is 5.40. The van der Waals surface area contributed by atoms with Gasteiger partial charge in [-0.15, -0.1) is 6.58 Å². The fourth-order valence-electron chi connectivity index (χ4n) is 2.22. The van der Waals surface area contributed by atoms with Crippen LogP contribution in [-0.4, -0.2) is 24.5 Å². The fourth-order valence-corrected chi connectivity index (χ4v) is 2.22. The summed E-state index contributed by atoms with van der Waals surface area (Å²) >= 11 is 0. The summed E-state index contributed by atoms with van der Waals surface area (Å²) in [6.45, 7) is 7.11. The quantitative estimate of drug-likeness (QED) is 0.601. The van der Waals surface area contributed by atoms with Gasteiger partial charge >= 0.3 is 0 Å². The van der Waals surface area contributed by atoms with Gasteiger partial charge in [-0.3, -0.25) is 4.90 Å². The Kier molecular flexibility index (Phi) is 3.07. The first-order valence-corrected chi connectivity index (χ1v) is 5.48. The van der Waals surface area contributed by atoms with Gasteiger partial charge in [-0.2, -0.15) is 0 Å². The molecular formula is C13H18N2. The molecule has 2 rings (SSSR count). The van der Waals surface area contributed by atoms with Gasteiger partial charge in [0.25, 0.3) is 0 Å². The van der Waals surface area contributed by atoms with E-state index in [9.17, 15) is 0 Å². The average Bonchev–Trinajstić information content (AvgIpc) is 2.68. The Labute approximate surface area is 91.4 Å². The molecule has 0 aliphatic carbocycles. The Morgan fingerprint density at radius 3 is 2.80 bits per heavy atom. The maximum absolute atomic E-state index is 5.68. The minimum Gasteiger partial charge on any atom is -0.399 e. The minimum atomic E-state index is 0.672. The van der Waals surface area contributed by atoms with Crippen molar-refractivity contribution in [1.82, 2.24) is 4.90 Å². The van der Waals surface area contributed by atoms with E-state index in [1.807, 2.05) is 18.2 Å². The minimum absolute atomic E-state index is 0.672. The lowest BCUT2D eigenvalue weighted by Crippen LogP contribution is -2.19. The summed E-state index contributed by atoms with van der Waals surface area (Å²) in [4.78, 5) is 2.44. The molecule has 2 nitrogen and oxygen atoms in total. The van der Waals surface area contributed by atoms with Gasteiger partial charge in [-0.25, -0.2) is 0 Å². The summed E-state index contributed by atoms with van der Waals surface area (Å²) < 4.78 is 0. The van der Waals surface area contributed by atoms with Gasteiger partial charge in [0.15, 0.2) is 0 Å². The molecule has 15 heavy (non-hydrogen) atoms. The fraction of sp³-hybridized carbons (Fsp3) is 0.385. The zero-order chi connectivity index (χ0) is 10.7. The number of rotatable bonds is 3. The Morgan fingerprint density at radius 1 is 1.40 bits per heavy atom. The predicted molar refractivity (Wildman–Crippen MR) is 64.8 cm³/mol. The summed E-state index contributed by atoms with van der Waals surface area (Å²) in [5, 5.41) is 0. The number of nitrogen functional groups attached to an aromatic ring is 1. The Bertz CT molecular complexity index is 329. The lowest BCUT2D eigenvalue weighted by Gasteiger charge is -2.13. The highest BCUT2D eigenvalue weighted by atomic mass is 15.1. The molecule has 1 aliphatic heterocycles. The van der Waals surface area contributed by atoms with E-state index in [1.54, 1.807) is 0 Å². The van der Waals surface area contributed by atoms with Crippen LogP contribution in [-0.2, 0) is 0 Å². The molecule has 0 unspecified atom stereocenters. The van der Waals surface area contributed by atoms with E-state index >= 15 is 0 Å². The number of benzene rings is 1. The van der Waals surface area contributed by atoms with Gasteiger partial charge in [0.2, 0.25) is 0 Å². The number of anilines is 1. The number of nitrogens with two attached hydrogens (primary N) is 1. The molecule has 1 aromatic rings. The van der Waals surface area contributed by atoms with Crippen LogP contribution >= 0.6 is 0 Å². The van der Waals surface area contributed by atoms with Crippen molar-refractivity contribution in [2.45, 2.75) is 12.3 Å². The van der Waals surface area contributed by atoms with E-state index in [-0.39, 0.29) is 0 Å². The van der Waals surface area contributed by atoms with Crippen molar-refractivity contribution in [2.75, 3.05) is 25.4 Å². The molecule has 0 aromatic heterocycles. The molecule has 0 bridgehead atoms. The van der Waals surface area contributed by atoms with Crippen molar-refractivity contribution in [2.24, 2.45) is 0 Å². The highest BCUT2D eigenvalue weighted by Crippen LogP contribution is 2.27. The number of likely N-dealkylation sites (tertiary alicyclic amines) is 1. The predicted octanol–water partition coefficient (Wildman–Crippen LogP) is 2.24. The Morgan fingerprint density at radius 2 is 2.13 bits per heavy atom. The molecule has 1 fully saturated rings. The second-order valence-electron chi connectivity index (χ2n) is 4.20. The molecule has 0 spiro atoms. The first-order chi connectivity index (χ1) is 7.29. The third-order valence-electron chi connectivity index (χ3n) is 3.07. The van der Waals surface area contributed by atoms with Crippen LogP contribution in [0.15, 0.2) is 36.9 Å². The van der Waals surface area contributed by atoms with Gasteiger partial charge in [0.1, 0.15) is 0 Å². The van der Waals surface area contributed by atoms with Crippen molar-refractivity contribution in [3.63, 3.8) is 0 Å². The third-order valence-corrected chi connectivity index (χ3v) is 3.07. The molecule has 1 aromatic carbocycles. The lowest BCUT2D eigenvalue weighted by atomic mass is 9.98. The maximum atomic E-state index is 5.68. The van der Waals surface area contributed by atoms with Crippen LogP contribution in [0.5, 0.6) is 0 Å². The zero-order valence-electron chi connectivity index (χ0n) is 9.02. The second-order valence-corrected chi connectivity index (χ2v) is 4.20. The topological polar surface area (TPSA) is 29.3 Å². The van der Waals surface area contributed by atoms with Crippen molar-refractivity contribution >= 4 is 5.69 Å². The maximum Gasteiger partial charge on any atom is 0.0314 e. The second kappa shape index (κ2) is 4.49. The molecule has 2 heteroatoms. The molecule has 1 aliphatic rings. The summed E-state index contributed by atoms with van der Waals surface area (Å²) in [6, 6.07) is 8.28. The summed E-state index contributed by atoms with van der Waals surface area (Å²) in [5.74, 6) is 0.672. The molecule has 0 radical (unpaired) electrons. The van der Waals surface area contributed by atoms with Crippen LogP contribution in [0.4, 0.5) is 5.69 Å². The van der Waals surface area contributed by atoms with E-state index in [2.05, 4.69) is 23.6 Å². The van der Waals surface area contributed by atoms with Crippen molar-refractivity contribution in [3.05, 3.63) is 42.5 Å². The Hall–Kier alpha value is -1.28. The Balaban J connectivity index is 2.01. The monoisotopic (exact) mass is 202 g/mol. The normalized spacial score (nSPS) is 21.7. The van der Waals surface area contributed by atoms with Crippen LogP contribution in [0.2, 0.25) is 0 Å². The molecule has 80 valence electrons. The smallest absolute Gasteiger partial charge is 0.0314 e. The molecular weight excluding hydrogens is 184 g/mol. The molecule has 1 atom stereocenters. The van der Waals surface area contributed by atoms with Crippen LogP contribution in [0.25, 0.3) is 0 Å². The number of hydrogen-bond donors (Lipinski definition) is 1. The highest BCUT2D eigenvalue weighted by Gasteiger charge is 2.22. The van der Waals surface area contributed by atoms with Gasteiger partial charge < -0.3 is 5.73 Å². The summed E-state index contributed by atoms with van der Waals surface area (Å²) in [5.41, 5.74) is 7.94. The van der Waals surface area contributed by atoms with Gasteiger partial charge in [0, 0.05) is 18.8 Å². The van der Waals surface area contributed by atoms with E-state index in [0.717, 1.165) is 18.8 Å². The van der Waals surface area contributed by atoms with Crippen LogP contribution in [0, 0.1) is 0 Å². The molecule has 0 amide bonds. The van der Waals surface area contributed by atoms with Gasteiger partial charge in [0.05, 0.1) is 0 Å². The molecule has 1 saturated heterocycles. The van der Waals surface area contributed by atoms with Crippen molar-refractivity contribution < 1.29 is 0 Å². The standard InChI is InChI=1S/C13H18N2/c1-2-8-15-9-7-12(10-15)11-3-5-13(14)6-4-11/h2-6,12H,1,7-10,14H2/t12-/m0/s1. The van der Waals surface area contributed by atoms with Crippen LogP contribution < -0.4 is 5.73 Å². The lowest BCUT2D eigenvalue weighted by molar-refractivity contribution is 0.372. The summed E-state index contributed by atoms with van der Waals surface area (Å²) in [7, 11) is 0. The molecule has 2 N–H and O–H groups in total. The summed E-state index contributed by atoms with van der Waals surface area (Å²) in [6.07, 6.45) is 3.23. The molecule has 1 heterocycles. The van der Waals surface area contributed by atoms with Gasteiger partial charge in [-0.1, -0.05) is 18.2 Å². The first-order valence-electron chi connectivity index (χ1n) is 5.48. The first kappa shape index (κ1) is 10.2. The third kappa shape index (κ3) is 2.39. The van der Waals surface area contributed by atoms with E-state index in [4.69, 9.17) is 5.73 Å². The SMILES string of the molecule is C=CCN1CC[C@H](c2ccc(N)cc2)C1. The number of nitrogens with zero attached hydrogens (tertiary/aromatic N) is 1. The van der Waals surface area contributed by atoms with Crippen LogP contribution in [0.1, 0.15) is 17.9 Å². The molecule has 0 saturated carbocycles. The van der Waals surface area contributed by atoms with Crippen LogP contribution in [0.3, 0.4) is 0 Å². The van der Waals surface area contributed by atoms with E-state index in [1.165, 1.54) is 18.5 Å². The van der Waals surface area contributed by atoms with E-state index in [0.29, 0.717) is 5.92 Å². The average molecular weight is 202 g/mol. The van der Waals surface area contributed by atoms with Crippen molar-refractivity contribution in [1.29, 1.82) is 0 Å².